The van der Waals surface area contributed by atoms with Crippen LogP contribution in [0.15, 0.2) is 182 Å². The van der Waals surface area contributed by atoms with Gasteiger partial charge >= 0.3 is 0 Å². The minimum Gasteiger partial charge on any atom is -0.311 e. The van der Waals surface area contributed by atoms with Gasteiger partial charge in [-0.15, -0.1) is 0 Å². The van der Waals surface area contributed by atoms with Crippen LogP contribution in [0.1, 0.15) is 44.1 Å². The molecule has 0 heterocycles. The second kappa shape index (κ2) is 13.1. The Morgan fingerprint density at radius 1 is 0.345 bits per heavy atom. The highest BCUT2D eigenvalue weighted by molar-refractivity contribution is 5.98. The molecule has 0 spiro atoms. The fourth-order valence-corrected chi connectivity index (χ4v) is 11.3. The van der Waals surface area contributed by atoms with Gasteiger partial charge in [0.25, 0.3) is 0 Å². The largest absolute Gasteiger partial charge is 0.311 e. The van der Waals surface area contributed by atoms with E-state index >= 15 is 0 Å². The standard InChI is InChI=1S/C54H45N/c1-3-11-50-42(7-1)9-5-13-52(50)44-19-27-48(28-20-44)55(49-29-21-45(22-30-49)53-14-6-10-43-8-2-4-12-51(43)53)47-25-17-41(18-26-47)40-15-23-46(24-16-40)54-34-37-31-38(35-54)33-39(32-37)36-54/h1-30,37-39H,31-36H2. The minimum atomic E-state index is 0.434. The number of nitrogens with zero attached hydrogens (tertiary/aromatic N) is 1. The van der Waals surface area contributed by atoms with Crippen molar-refractivity contribution in [2.45, 2.75) is 43.9 Å². The Labute approximate surface area is 324 Å². The van der Waals surface area contributed by atoms with Gasteiger partial charge in [-0.3, -0.25) is 0 Å². The van der Waals surface area contributed by atoms with Crippen molar-refractivity contribution in [1.82, 2.24) is 0 Å². The maximum atomic E-state index is 2.47. The van der Waals surface area contributed by atoms with Crippen LogP contribution in [-0.2, 0) is 5.41 Å². The van der Waals surface area contributed by atoms with Crippen molar-refractivity contribution in [2.24, 2.45) is 17.8 Å². The Bertz CT molecular complexity index is 2480. The van der Waals surface area contributed by atoms with Gasteiger partial charge in [0.15, 0.2) is 0 Å². The highest BCUT2D eigenvalue weighted by atomic mass is 15.1. The van der Waals surface area contributed by atoms with E-state index in [1.54, 1.807) is 5.56 Å². The first-order chi connectivity index (χ1) is 27.2. The quantitative estimate of drug-likeness (QED) is 0.159. The molecule has 0 saturated heterocycles. The third kappa shape index (κ3) is 5.76. The summed E-state index contributed by atoms with van der Waals surface area (Å²) in [6, 6.07) is 67.6. The predicted octanol–water partition coefficient (Wildman–Crippen LogP) is 14.9. The lowest BCUT2D eigenvalue weighted by Crippen LogP contribution is -2.48. The molecule has 0 atom stereocenters. The monoisotopic (exact) mass is 707 g/mol. The fourth-order valence-electron chi connectivity index (χ4n) is 11.3. The molecule has 4 bridgehead atoms. The number of hydrogen-bond donors (Lipinski definition) is 0. The fraction of sp³-hybridized carbons (Fsp3) is 0.185. The van der Waals surface area contributed by atoms with E-state index in [0.29, 0.717) is 5.41 Å². The van der Waals surface area contributed by atoms with E-state index in [2.05, 4.69) is 187 Å². The molecule has 4 fully saturated rings. The number of hydrogen-bond acceptors (Lipinski definition) is 1. The summed E-state index contributed by atoms with van der Waals surface area (Å²) in [4.78, 5) is 2.39. The number of fused-ring (bicyclic) bond motifs is 2. The second-order valence-electron chi connectivity index (χ2n) is 16.8. The van der Waals surface area contributed by atoms with Gasteiger partial charge in [0, 0.05) is 17.1 Å². The Kier molecular flexibility index (Phi) is 7.76. The SMILES string of the molecule is c1ccc2c(-c3ccc(N(c4ccc(-c5ccc(C67CC8CC(CC(C8)C6)C7)cc5)cc4)c4ccc(-c5cccc6ccccc56)cc4)cc3)cccc2c1. The first-order valence-corrected chi connectivity index (χ1v) is 20.3. The average molecular weight is 708 g/mol. The Morgan fingerprint density at radius 2 is 0.709 bits per heavy atom. The molecule has 0 N–H and O–H groups in total. The van der Waals surface area contributed by atoms with E-state index in [1.807, 2.05) is 0 Å². The van der Waals surface area contributed by atoms with Crippen molar-refractivity contribution in [2.75, 3.05) is 4.90 Å². The van der Waals surface area contributed by atoms with Crippen molar-refractivity contribution in [3.8, 4) is 33.4 Å². The van der Waals surface area contributed by atoms with Gasteiger partial charge in [0.2, 0.25) is 0 Å². The zero-order valence-electron chi connectivity index (χ0n) is 31.2. The normalized spacial score (nSPS) is 21.3. The van der Waals surface area contributed by atoms with E-state index < -0.39 is 0 Å². The van der Waals surface area contributed by atoms with Crippen LogP contribution in [0.5, 0.6) is 0 Å². The molecule has 4 saturated carbocycles. The van der Waals surface area contributed by atoms with E-state index in [-0.39, 0.29) is 0 Å². The van der Waals surface area contributed by atoms with E-state index in [0.717, 1.165) is 34.8 Å². The van der Waals surface area contributed by atoms with Gasteiger partial charge in [0.05, 0.1) is 0 Å². The molecule has 1 nitrogen and oxygen atoms in total. The zero-order chi connectivity index (χ0) is 36.3. The van der Waals surface area contributed by atoms with Crippen LogP contribution in [0.25, 0.3) is 54.9 Å². The highest BCUT2D eigenvalue weighted by Gasteiger charge is 2.51. The smallest absolute Gasteiger partial charge is 0.0462 e. The molecule has 0 aromatic heterocycles. The molecule has 1 heteroatoms. The summed E-state index contributed by atoms with van der Waals surface area (Å²) in [7, 11) is 0. The van der Waals surface area contributed by atoms with E-state index in [4.69, 9.17) is 0 Å². The van der Waals surface area contributed by atoms with Gasteiger partial charge in [-0.25, -0.2) is 0 Å². The molecular weight excluding hydrogens is 663 g/mol. The van der Waals surface area contributed by atoms with Gasteiger partial charge in [-0.2, -0.15) is 0 Å². The number of rotatable bonds is 7. The van der Waals surface area contributed by atoms with Crippen molar-refractivity contribution in [1.29, 1.82) is 0 Å². The van der Waals surface area contributed by atoms with Gasteiger partial charge in [-0.1, -0.05) is 146 Å². The lowest BCUT2D eigenvalue weighted by molar-refractivity contribution is -0.00518. The first kappa shape index (κ1) is 32.5. The van der Waals surface area contributed by atoms with Crippen LogP contribution in [0.3, 0.4) is 0 Å². The van der Waals surface area contributed by atoms with Crippen LogP contribution < -0.4 is 4.90 Å². The maximum Gasteiger partial charge on any atom is 0.0462 e. The van der Waals surface area contributed by atoms with Crippen LogP contribution in [0.4, 0.5) is 17.1 Å². The summed E-state index contributed by atoms with van der Waals surface area (Å²) in [5.74, 6) is 2.89. The predicted molar refractivity (Wildman–Crippen MR) is 232 cm³/mol. The van der Waals surface area contributed by atoms with Gasteiger partial charge in [-0.05, 0) is 159 Å². The maximum absolute atomic E-state index is 2.47. The van der Waals surface area contributed by atoms with Crippen LogP contribution in [0.2, 0.25) is 0 Å². The summed E-state index contributed by atoms with van der Waals surface area (Å²) >= 11 is 0. The lowest BCUT2D eigenvalue weighted by Gasteiger charge is -2.57. The van der Waals surface area contributed by atoms with Crippen LogP contribution in [0, 0.1) is 17.8 Å². The molecule has 0 radical (unpaired) electrons. The molecule has 8 aromatic carbocycles. The van der Waals surface area contributed by atoms with Crippen LogP contribution in [-0.4, -0.2) is 0 Å². The van der Waals surface area contributed by atoms with Crippen molar-refractivity contribution in [3.05, 3.63) is 188 Å². The lowest BCUT2D eigenvalue weighted by atomic mass is 9.48. The topological polar surface area (TPSA) is 3.24 Å². The molecule has 0 amide bonds. The Hall–Kier alpha value is -5.92. The zero-order valence-corrected chi connectivity index (χ0v) is 31.2. The molecule has 4 aliphatic rings. The van der Waals surface area contributed by atoms with E-state index in [1.165, 1.54) is 93.5 Å². The summed E-state index contributed by atoms with van der Waals surface area (Å²) in [6.07, 6.45) is 8.70. The van der Waals surface area contributed by atoms with E-state index in [9.17, 15) is 0 Å². The summed E-state index contributed by atoms with van der Waals surface area (Å²) in [6.45, 7) is 0. The molecule has 266 valence electrons. The number of benzene rings is 8. The molecule has 8 aromatic rings. The Morgan fingerprint density at radius 3 is 1.15 bits per heavy atom. The second-order valence-corrected chi connectivity index (χ2v) is 16.8. The molecule has 0 aliphatic heterocycles. The Balaban J connectivity index is 0.934. The van der Waals surface area contributed by atoms with Gasteiger partial charge in [0.1, 0.15) is 0 Å². The molecule has 12 rings (SSSR count). The van der Waals surface area contributed by atoms with Gasteiger partial charge < -0.3 is 4.90 Å². The molecule has 0 unspecified atom stereocenters. The summed E-state index contributed by atoms with van der Waals surface area (Å²) < 4.78 is 0. The minimum absolute atomic E-state index is 0.434. The van der Waals surface area contributed by atoms with Crippen LogP contribution >= 0.6 is 0 Å². The van der Waals surface area contributed by atoms with Crippen molar-refractivity contribution >= 4 is 38.6 Å². The molecular formula is C54H45N. The summed E-state index contributed by atoms with van der Waals surface area (Å²) in [5.41, 5.74) is 13.0. The molecule has 4 aliphatic carbocycles. The van der Waals surface area contributed by atoms with Crippen molar-refractivity contribution in [3.63, 3.8) is 0 Å². The summed E-state index contributed by atoms with van der Waals surface area (Å²) in [5, 5.41) is 5.08. The average Bonchev–Trinajstić information content (AvgIpc) is 3.24. The van der Waals surface area contributed by atoms with Crippen molar-refractivity contribution < 1.29 is 0 Å². The number of anilines is 3. The highest BCUT2D eigenvalue weighted by Crippen LogP contribution is 2.60. The third-order valence-electron chi connectivity index (χ3n) is 13.4. The third-order valence-corrected chi connectivity index (χ3v) is 13.4. The molecule has 55 heavy (non-hydrogen) atoms. The first-order valence-electron chi connectivity index (χ1n) is 20.3.